The Kier molecular flexibility index (Phi) is 9.74. The standard InChI is InChI=1S/C35H28N4O3S/c40-33(37-29-18-20-36-21-19-29)24-43-31-13-7-12-30(23-31)38-35(42)32(39-34(41)28-10-5-2-6-11-28)22-25-14-16-27(17-15-25)26-8-3-1-4-9-26/h1-23H,24H2,(H,38,42)(H,39,41)(H,36,37,40)/b32-22+. The molecule has 5 aromatic rings. The Morgan fingerprint density at radius 3 is 2.07 bits per heavy atom. The van der Waals surface area contributed by atoms with Gasteiger partial charge in [0.05, 0.1) is 5.75 Å². The Morgan fingerprint density at radius 1 is 0.674 bits per heavy atom. The lowest BCUT2D eigenvalue weighted by molar-refractivity contribution is -0.114. The molecular formula is C35H28N4O3S. The topological polar surface area (TPSA) is 100 Å². The summed E-state index contributed by atoms with van der Waals surface area (Å²) in [7, 11) is 0. The van der Waals surface area contributed by atoms with Gasteiger partial charge in [-0.15, -0.1) is 11.8 Å². The maximum absolute atomic E-state index is 13.5. The van der Waals surface area contributed by atoms with Crippen LogP contribution in [0.25, 0.3) is 17.2 Å². The molecular weight excluding hydrogens is 556 g/mol. The lowest BCUT2D eigenvalue weighted by atomic mass is 10.0. The summed E-state index contributed by atoms with van der Waals surface area (Å²) in [4.78, 5) is 43.6. The van der Waals surface area contributed by atoms with E-state index < -0.39 is 11.8 Å². The van der Waals surface area contributed by atoms with E-state index in [4.69, 9.17) is 0 Å². The van der Waals surface area contributed by atoms with Gasteiger partial charge in [0, 0.05) is 34.2 Å². The quantitative estimate of drug-likeness (QED) is 0.123. The third kappa shape index (κ3) is 8.51. The van der Waals surface area contributed by atoms with E-state index in [-0.39, 0.29) is 17.4 Å². The summed E-state index contributed by atoms with van der Waals surface area (Å²) in [6.45, 7) is 0. The first kappa shape index (κ1) is 29.0. The van der Waals surface area contributed by atoms with Gasteiger partial charge in [-0.1, -0.05) is 78.9 Å². The van der Waals surface area contributed by atoms with Crippen LogP contribution in [0, 0.1) is 0 Å². The van der Waals surface area contributed by atoms with E-state index in [0.29, 0.717) is 16.9 Å². The molecule has 0 unspecified atom stereocenters. The number of carbonyl (C=O) groups excluding carboxylic acids is 3. The van der Waals surface area contributed by atoms with Crippen molar-refractivity contribution >= 4 is 46.9 Å². The Balaban J connectivity index is 1.30. The molecule has 0 aliphatic carbocycles. The summed E-state index contributed by atoms with van der Waals surface area (Å²) in [5.74, 6) is -0.837. The molecule has 43 heavy (non-hydrogen) atoms. The predicted octanol–water partition coefficient (Wildman–Crippen LogP) is 6.89. The highest BCUT2D eigenvalue weighted by Crippen LogP contribution is 2.23. The maximum Gasteiger partial charge on any atom is 0.272 e. The number of anilines is 2. The van der Waals surface area contributed by atoms with E-state index in [1.807, 2.05) is 66.7 Å². The minimum atomic E-state index is -0.478. The van der Waals surface area contributed by atoms with Crippen molar-refractivity contribution in [2.75, 3.05) is 16.4 Å². The van der Waals surface area contributed by atoms with Crippen molar-refractivity contribution in [3.8, 4) is 11.1 Å². The molecule has 0 saturated carbocycles. The summed E-state index contributed by atoms with van der Waals surface area (Å²) < 4.78 is 0. The number of thioether (sulfide) groups is 1. The molecule has 212 valence electrons. The molecule has 0 fully saturated rings. The molecule has 4 aromatic carbocycles. The van der Waals surface area contributed by atoms with Crippen LogP contribution in [0.2, 0.25) is 0 Å². The van der Waals surface area contributed by atoms with Crippen LogP contribution in [0.4, 0.5) is 11.4 Å². The Labute approximate surface area is 254 Å². The lowest BCUT2D eigenvalue weighted by Crippen LogP contribution is -2.30. The number of benzene rings is 4. The van der Waals surface area contributed by atoms with Gasteiger partial charge in [-0.25, -0.2) is 0 Å². The van der Waals surface area contributed by atoms with Gasteiger partial charge >= 0.3 is 0 Å². The van der Waals surface area contributed by atoms with Crippen molar-refractivity contribution in [1.82, 2.24) is 10.3 Å². The molecule has 7 nitrogen and oxygen atoms in total. The van der Waals surface area contributed by atoms with Crippen molar-refractivity contribution in [3.05, 3.63) is 151 Å². The van der Waals surface area contributed by atoms with Gasteiger partial charge in [0.1, 0.15) is 5.70 Å². The van der Waals surface area contributed by atoms with Crippen LogP contribution < -0.4 is 16.0 Å². The highest BCUT2D eigenvalue weighted by Gasteiger charge is 2.16. The van der Waals surface area contributed by atoms with Crippen LogP contribution in [-0.2, 0) is 9.59 Å². The molecule has 1 aromatic heterocycles. The summed E-state index contributed by atoms with van der Waals surface area (Å²) in [6.07, 6.45) is 4.87. The van der Waals surface area contributed by atoms with Gasteiger partial charge in [0.2, 0.25) is 5.91 Å². The molecule has 0 spiro atoms. The molecule has 3 N–H and O–H groups in total. The zero-order chi connectivity index (χ0) is 29.9. The van der Waals surface area contributed by atoms with E-state index in [1.54, 1.807) is 73.1 Å². The number of amides is 3. The van der Waals surface area contributed by atoms with E-state index in [1.165, 1.54) is 11.8 Å². The van der Waals surface area contributed by atoms with Crippen molar-refractivity contribution in [2.24, 2.45) is 0 Å². The molecule has 0 radical (unpaired) electrons. The molecule has 0 atom stereocenters. The summed E-state index contributed by atoms with van der Waals surface area (Å²) in [6, 6.07) is 37.1. The van der Waals surface area contributed by atoms with Gasteiger partial charge in [-0.3, -0.25) is 19.4 Å². The lowest BCUT2D eigenvalue weighted by Gasteiger charge is -2.12. The molecule has 3 amide bonds. The average molecular weight is 585 g/mol. The van der Waals surface area contributed by atoms with Gasteiger partial charge in [-0.05, 0) is 65.2 Å². The minimum Gasteiger partial charge on any atom is -0.325 e. The normalized spacial score (nSPS) is 10.9. The second-order valence-corrected chi connectivity index (χ2v) is 10.5. The SMILES string of the molecule is O=C(CSc1cccc(NC(=O)/C(=C\c2ccc(-c3ccccc3)cc2)NC(=O)c2ccccc2)c1)Nc1ccncc1. The van der Waals surface area contributed by atoms with Crippen LogP contribution in [0.5, 0.6) is 0 Å². The Hall–Kier alpha value is -5.47. The Bertz CT molecular complexity index is 1730. The van der Waals surface area contributed by atoms with Crippen molar-refractivity contribution in [1.29, 1.82) is 0 Å². The van der Waals surface area contributed by atoms with Crippen molar-refractivity contribution in [2.45, 2.75) is 4.90 Å². The number of rotatable bonds is 10. The van der Waals surface area contributed by atoms with Crippen LogP contribution in [0.1, 0.15) is 15.9 Å². The molecule has 0 saturated heterocycles. The second kappa shape index (κ2) is 14.4. The minimum absolute atomic E-state index is 0.0936. The molecule has 0 aliphatic rings. The first-order chi connectivity index (χ1) is 21.0. The first-order valence-electron chi connectivity index (χ1n) is 13.5. The van der Waals surface area contributed by atoms with E-state index in [2.05, 4.69) is 20.9 Å². The zero-order valence-electron chi connectivity index (χ0n) is 23.1. The van der Waals surface area contributed by atoms with Crippen LogP contribution in [-0.4, -0.2) is 28.5 Å². The number of nitrogens with zero attached hydrogens (tertiary/aromatic N) is 1. The average Bonchev–Trinajstić information content (AvgIpc) is 3.05. The number of hydrogen-bond acceptors (Lipinski definition) is 5. The summed E-state index contributed by atoms with van der Waals surface area (Å²) >= 11 is 1.34. The van der Waals surface area contributed by atoms with Crippen LogP contribution >= 0.6 is 11.8 Å². The van der Waals surface area contributed by atoms with E-state index in [0.717, 1.165) is 21.6 Å². The molecule has 0 bridgehead atoms. The fraction of sp³-hybridized carbons (Fsp3) is 0.0286. The van der Waals surface area contributed by atoms with Gasteiger partial charge in [0.25, 0.3) is 11.8 Å². The van der Waals surface area contributed by atoms with Crippen molar-refractivity contribution in [3.63, 3.8) is 0 Å². The number of pyridine rings is 1. The molecule has 1 heterocycles. The van der Waals surface area contributed by atoms with Gasteiger partial charge in [-0.2, -0.15) is 0 Å². The molecule has 5 rings (SSSR count). The summed E-state index contributed by atoms with van der Waals surface area (Å²) in [5.41, 5.74) is 4.61. The van der Waals surface area contributed by atoms with Crippen molar-refractivity contribution < 1.29 is 14.4 Å². The highest BCUT2D eigenvalue weighted by atomic mass is 32.2. The third-order valence-electron chi connectivity index (χ3n) is 6.28. The first-order valence-corrected chi connectivity index (χ1v) is 14.5. The third-order valence-corrected chi connectivity index (χ3v) is 7.28. The fourth-order valence-corrected chi connectivity index (χ4v) is 4.91. The fourth-order valence-electron chi connectivity index (χ4n) is 4.15. The number of nitrogens with one attached hydrogen (secondary N) is 3. The number of hydrogen-bond donors (Lipinski definition) is 3. The number of carbonyl (C=O) groups is 3. The zero-order valence-corrected chi connectivity index (χ0v) is 23.9. The monoisotopic (exact) mass is 584 g/mol. The highest BCUT2D eigenvalue weighted by molar-refractivity contribution is 8.00. The van der Waals surface area contributed by atoms with Crippen LogP contribution in [0.3, 0.4) is 0 Å². The van der Waals surface area contributed by atoms with E-state index >= 15 is 0 Å². The molecule has 8 heteroatoms. The summed E-state index contributed by atoms with van der Waals surface area (Å²) in [5, 5.41) is 8.48. The largest absolute Gasteiger partial charge is 0.325 e. The predicted molar refractivity (Wildman–Crippen MR) is 172 cm³/mol. The maximum atomic E-state index is 13.5. The Morgan fingerprint density at radius 2 is 1.35 bits per heavy atom. The second-order valence-electron chi connectivity index (χ2n) is 9.42. The smallest absolute Gasteiger partial charge is 0.272 e. The molecule has 0 aliphatic heterocycles. The van der Waals surface area contributed by atoms with Gasteiger partial charge in [0.15, 0.2) is 0 Å². The van der Waals surface area contributed by atoms with Crippen LogP contribution in [0.15, 0.2) is 144 Å². The number of aromatic nitrogens is 1. The van der Waals surface area contributed by atoms with E-state index in [9.17, 15) is 14.4 Å². The van der Waals surface area contributed by atoms with Gasteiger partial charge < -0.3 is 16.0 Å².